The number of halogens is 1. The number of hydrogen-bond acceptors (Lipinski definition) is 5. The second-order valence-corrected chi connectivity index (χ2v) is 6.71. The number of carbonyl (C=O) groups is 1. The Morgan fingerprint density at radius 3 is 2.79 bits per heavy atom. The van der Waals surface area contributed by atoms with E-state index in [1.54, 1.807) is 6.20 Å². The van der Waals surface area contributed by atoms with E-state index < -0.39 is 0 Å². The number of amides is 1. The summed E-state index contributed by atoms with van der Waals surface area (Å²) in [5.41, 5.74) is 3.38. The van der Waals surface area contributed by atoms with Crippen LogP contribution in [0.15, 0.2) is 48.8 Å². The molecule has 3 rings (SSSR count). The van der Waals surface area contributed by atoms with Gasteiger partial charge in [-0.1, -0.05) is 30.3 Å². The first-order chi connectivity index (χ1) is 13.3. The summed E-state index contributed by atoms with van der Waals surface area (Å²) >= 11 is 0. The fraction of sp³-hybridized carbons (Fsp3) is 0.429. The van der Waals surface area contributed by atoms with Crippen molar-refractivity contribution in [3.63, 3.8) is 0 Å². The van der Waals surface area contributed by atoms with Crippen LogP contribution in [-0.4, -0.2) is 48.6 Å². The molecule has 1 atom stereocenters. The molecule has 1 aliphatic rings. The quantitative estimate of drug-likeness (QED) is 0.706. The Morgan fingerprint density at radius 2 is 2.07 bits per heavy atom. The minimum absolute atomic E-state index is 0. The summed E-state index contributed by atoms with van der Waals surface area (Å²) in [7, 11) is 0. The van der Waals surface area contributed by atoms with E-state index in [4.69, 9.17) is 4.74 Å². The molecule has 0 radical (unpaired) electrons. The molecule has 2 heterocycles. The van der Waals surface area contributed by atoms with Crippen LogP contribution >= 0.6 is 12.4 Å². The molecular weight excluding hydrogens is 376 g/mol. The molecule has 1 aromatic heterocycles. The summed E-state index contributed by atoms with van der Waals surface area (Å²) in [6.07, 6.45) is 3.66. The lowest BCUT2D eigenvalue weighted by Crippen LogP contribution is -2.49. The molecule has 0 bridgehead atoms. The van der Waals surface area contributed by atoms with Crippen LogP contribution in [0.5, 0.6) is 0 Å². The first-order valence-electron chi connectivity index (χ1n) is 9.53. The van der Waals surface area contributed by atoms with Gasteiger partial charge in [-0.2, -0.15) is 0 Å². The number of ether oxygens (including phenoxy) is 1. The Labute approximate surface area is 173 Å². The minimum Gasteiger partial charge on any atom is -0.377 e. The molecule has 2 N–H and O–H groups in total. The second-order valence-electron chi connectivity index (χ2n) is 6.71. The minimum atomic E-state index is 0. The van der Waals surface area contributed by atoms with Gasteiger partial charge in [0.15, 0.2) is 0 Å². The molecule has 1 aromatic carbocycles. The van der Waals surface area contributed by atoms with Crippen LogP contribution in [0.25, 0.3) is 0 Å². The van der Waals surface area contributed by atoms with Crippen molar-refractivity contribution >= 4 is 18.3 Å². The van der Waals surface area contributed by atoms with Crippen molar-refractivity contribution in [3.8, 4) is 0 Å². The van der Waals surface area contributed by atoms with Gasteiger partial charge in [-0.15, -0.1) is 12.4 Å². The van der Waals surface area contributed by atoms with Gasteiger partial charge in [-0.05, 0) is 29.7 Å². The highest BCUT2D eigenvalue weighted by molar-refractivity contribution is 5.85. The molecule has 6 nitrogen and oxygen atoms in total. The van der Waals surface area contributed by atoms with Crippen LogP contribution in [0.4, 0.5) is 0 Å². The number of pyridine rings is 1. The Morgan fingerprint density at radius 1 is 1.29 bits per heavy atom. The fourth-order valence-corrected chi connectivity index (χ4v) is 3.25. The number of benzene rings is 1. The largest absolute Gasteiger partial charge is 0.377 e. The van der Waals surface area contributed by atoms with Gasteiger partial charge in [0.1, 0.15) is 0 Å². The summed E-state index contributed by atoms with van der Waals surface area (Å²) in [4.78, 5) is 18.9. The summed E-state index contributed by atoms with van der Waals surface area (Å²) in [5.74, 6) is 0.0455. The topological polar surface area (TPSA) is 66.5 Å². The van der Waals surface area contributed by atoms with Crippen molar-refractivity contribution in [1.29, 1.82) is 0 Å². The monoisotopic (exact) mass is 404 g/mol. The molecule has 28 heavy (non-hydrogen) atoms. The molecule has 0 saturated carbocycles. The highest BCUT2D eigenvalue weighted by atomic mass is 35.5. The van der Waals surface area contributed by atoms with Crippen molar-refractivity contribution in [1.82, 2.24) is 20.5 Å². The maximum absolute atomic E-state index is 12.5. The zero-order valence-corrected chi connectivity index (χ0v) is 17.1. The standard InChI is InChI=1S/C21H28N4O2.ClH/c1-2-27-16-18-7-5-17(6-8-18)12-24-21(26)15-25-11-10-23-14-20(25)19-4-3-9-22-13-19;/h3-9,13,20,23H,2,10-12,14-16H2,1H3,(H,24,26);1H. The Kier molecular flexibility index (Phi) is 9.37. The molecule has 1 unspecified atom stereocenters. The molecular formula is C21H29ClN4O2. The fourth-order valence-electron chi connectivity index (χ4n) is 3.25. The van der Waals surface area contributed by atoms with Gasteiger partial charge in [-0.3, -0.25) is 14.7 Å². The Bertz CT molecular complexity index is 712. The van der Waals surface area contributed by atoms with E-state index in [2.05, 4.69) is 26.6 Å². The summed E-state index contributed by atoms with van der Waals surface area (Å²) in [6.45, 7) is 6.83. The number of nitrogens with one attached hydrogen (secondary N) is 2. The van der Waals surface area contributed by atoms with Crippen LogP contribution in [0.1, 0.15) is 29.7 Å². The first-order valence-corrected chi connectivity index (χ1v) is 9.53. The third kappa shape index (κ3) is 6.56. The zero-order valence-electron chi connectivity index (χ0n) is 16.3. The predicted molar refractivity (Wildman–Crippen MR) is 112 cm³/mol. The maximum Gasteiger partial charge on any atom is 0.234 e. The molecule has 1 aliphatic heterocycles. The molecule has 7 heteroatoms. The van der Waals surface area contributed by atoms with Gasteiger partial charge < -0.3 is 15.4 Å². The normalized spacial score (nSPS) is 17.0. The molecule has 0 aliphatic carbocycles. The van der Waals surface area contributed by atoms with Crippen molar-refractivity contribution in [2.75, 3.05) is 32.8 Å². The van der Waals surface area contributed by atoms with Crippen molar-refractivity contribution in [2.24, 2.45) is 0 Å². The van der Waals surface area contributed by atoms with Gasteiger partial charge in [0.05, 0.1) is 13.2 Å². The molecule has 0 spiro atoms. The number of rotatable bonds is 8. The summed E-state index contributed by atoms with van der Waals surface area (Å²) in [5, 5.41) is 6.44. The van der Waals surface area contributed by atoms with Crippen molar-refractivity contribution < 1.29 is 9.53 Å². The highest BCUT2D eigenvalue weighted by Gasteiger charge is 2.25. The molecule has 1 amide bonds. The van der Waals surface area contributed by atoms with Gasteiger partial charge in [0, 0.05) is 51.2 Å². The van der Waals surface area contributed by atoms with Gasteiger partial charge >= 0.3 is 0 Å². The van der Waals surface area contributed by atoms with Crippen LogP contribution in [0.3, 0.4) is 0 Å². The number of nitrogens with zero attached hydrogens (tertiary/aromatic N) is 2. The van der Waals surface area contributed by atoms with E-state index >= 15 is 0 Å². The summed E-state index contributed by atoms with van der Waals surface area (Å²) in [6, 6.07) is 12.4. The lowest BCUT2D eigenvalue weighted by Gasteiger charge is -2.35. The number of aromatic nitrogens is 1. The SMILES string of the molecule is CCOCc1ccc(CNC(=O)CN2CCNCC2c2cccnc2)cc1.Cl. The predicted octanol–water partition coefficient (Wildman–Crippen LogP) is 2.30. The van der Waals surface area contributed by atoms with E-state index in [0.29, 0.717) is 26.3 Å². The average molecular weight is 405 g/mol. The smallest absolute Gasteiger partial charge is 0.234 e. The van der Waals surface area contributed by atoms with Gasteiger partial charge in [-0.25, -0.2) is 0 Å². The number of hydrogen-bond donors (Lipinski definition) is 2. The second kappa shape index (κ2) is 11.8. The van der Waals surface area contributed by atoms with Crippen LogP contribution in [-0.2, 0) is 22.7 Å². The van der Waals surface area contributed by atoms with Crippen LogP contribution in [0.2, 0.25) is 0 Å². The van der Waals surface area contributed by atoms with Gasteiger partial charge in [0.2, 0.25) is 5.91 Å². The van der Waals surface area contributed by atoms with E-state index in [-0.39, 0.29) is 24.4 Å². The molecule has 2 aromatic rings. The molecule has 152 valence electrons. The zero-order chi connectivity index (χ0) is 18.9. The van der Waals surface area contributed by atoms with Crippen molar-refractivity contribution in [2.45, 2.75) is 26.1 Å². The third-order valence-corrected chi connectivity index (χ3v) is 4.76. The number of piperazine rings is 1. The molecule has 1 saturated heterocycles. The lowest BCUT2D eigenvalue weighted by atomic mass is 10.1. The van der Waals surface area contributed by atoms with Crippen molar-refractivity contribution in [3.05, 3.63) is 65.5 Å². The summed E-state index contributed by atoms with van der Waals surface area (Å²) < 4.78 is 5.40. The number of carbonyl (C=O) groups excluding carboxylic acids is 1. The maximum atomic E-state index is 12.5. The first kappa shape index (κ1) is 22.3. The lowest BCUT2D eigenvalue weighted by molar-refractivity contribution is -0.123. The van der Waals surface area contributed by atoms with Crippen LogP contribution in [0, 0.1) is 0 Å². The van der Waals surface area contributed by atoms with Crippen LogP contribution < -0.4 is 10.6 Å². The van der Waals surface area contributed by atoms with E-state index in [1.165, 1.54) is 0 Å². The van der Waals surface area contributed by atoms with E-state index in [1.807, 2.05) is 43.5 Å². The van der Waals surface area contributed by atoms with Gasteiger partial charge in [0.25, 0.3) is 0 Å². The van der Waals surface area contributed by atoms with E-state index in [0.717, 1.165) is 36.3 Å². The van der Waals surface area contributed by atoms with E-state index in [9.17, 15) is 4.79 Å². The third-order valence-electron chi connectivity index (χ3n) is 4.76. The highest BCUT2D eigenvalue weighted by Crippen LogP contribution is 2.20. The molecule has 1 fully saturated rings. The average Bonchev–Trinajstić information content (AvgIpc) is 2.72. The Hall–Kier alpha value is -1.99. The Balaban J connectivity index is 0.00000280.